The third kappa shape index (κ3) is 2.34. The summed E-state index contributed by atoms with van der Waals surface area (Å²) < 4.78 is 0.432. The summed E-state index contributed by atoms with van der Waals surface area (Å²) in [5.74, 6) is -0.659. The van der Waals surface area contributed by atoms with Crippen LogP contribution in [0.1, 0.15) is 10.6 Å². The monoisotopic (exact) mass is 320 g/mol. The van der Waals surface area contributed by atoms with Gasteiger partial charge in [0.15, 0.2) is 0 Å². The Balaban J connectivity index is 2.58. The Morgan fingerprint density at radius 3 is 2.44 bits per heavy atom. The van der Waals surface area contributed by atoms with Gasteiger partial charge in [0.05, 0.1) is 0 Å². The molecule has 0 aliphatic carbocycles. The lowest BCUT2D eigenvalue weighted by Crippen LogP contribution is -2.36. The maximum atomic E-state index is 12.2. The Bertz CT molecular complexity index is 532. The Hall–Kier alpha value is -0.810. The van der Waals surface area contributed by atoms with Crippen molar-refractivity contribution in [2.75, 3.05) is 0 Å². The molecule has 1 aromatic heterocycles. The highest BCUT2D eigenvalue weighted by molar-refractivity contribution is 7.10. The van der Waals surface area contributed by atoms with Gasteiger partial charge < -0.3 is 0 Å². The first-order valence-electron chi connectivity index (χ1n) is 4.87. The zero-order valence-electron chi connectivity index (χ0n) is 8.89. The van der Waals surface area contributed by atoms with Crippen LogP contribution in [0.4, 0.5) is 0 Å². The fraction of sp³-hybridized carbons (Fsp3) is 0.0909. The van der Waals surface area contributed by atoms with Crippen LogP contribution in [0.2, 0.25) is 0 Å². The van der Waals surface area contributed by atoms with E-state index in [2.05, 4.69) is 4.98 Å². The molecule has 94 valence electrons. The van der Waals surface area contributed by atoms with E-state index in [1.54, 1.807) is 35.8 Å². The molecule has 0 aliphatic rings. The van der Waals surface area contributed by atoms with Crippen molar-refractivity contribution >= 4 is 52.4 Å². The molecule has 1 unspecified atom stereocenters. The smallest absolute Gasteiger partial charge is 0.269 e. The highest BCUT2D eigenvalue weighted by atomic mass is 35.5. The highest BCUT2D eigenvalue weighted by Crippen LogP contribution is 2.40. The van der Waals surface area contributed by atoms with Gasteiger partial charge in [0.1, 0.15) is 5.01 Å². The van der Waals surface area contributed by atoms with Crippen molar-refractivity contribution in [1.29, 1.82) is 0 Å². The molecule has 0 aliphatic heterocycles. The molecule has 0 spiro atoms. The minimum Gasteiger partial charge on any atom is -0.269 e. The molecule has 2 aromatic rings. The maximum Gasteiger partial charge on any atom is 0.284 e. The number of halogens is 3. The van der Waals surface area contributed by atoms with Crippen LogP contribution >= 0.6 is 46.5 Å². The first-order valence-corrected chi connectivity index (χ1v) is 6.80. The molecule has 1 aromatic carbocycles. The molecule has 0 saturated heterocycles. The molecule has 0 N–H and O–H groups in total. The number of benzene rings is 1. The Morgan fingerprint density at radius 1 is 1.28 bits per heavy atom. The predicted octanol–water partition coefficient (Wildman–Crippen LogP) is 3.76. The summed E-state index contributed by atoms with van der Waals surface area (Å²) in [5.41, 5.74) is 0.568. The van der Waals surface area contributed by atoms with Gasteiger partial charge in [-0.05, 0) is 5.56 Å². The van der Waals surface area contributed by atoms with Gasteiger partial charge >= 0.3 is 0 Å². The first-order chi connectivity index (χ1) is 8.56. The summed E-state index contributed by atoms with van der Waals surface area (Å²) in [5, 5.41) is 2.15. The number of carbonyl (C=O) groups excluding carboxylic acids is 1. The van der Waals surface area contributed by atoms with Crippen LogP contribution in [0.25, 0.3) is 0 Å². The van der Waals surface area contributed by atoms with Crippen molar-refractivity contribution in [3.63, 3.8) is 0 Å². The van der Waals surface area contributed by atoms with Crippen LogP contribution in [-0.2, 0) is 9.67 Å². The largest absolute Gasteiger partial charge is 0.284 e. The average molecular weight is 322 g/mol. The van der Waals surface area contributed by atoms with Crippen LogP contribution < -0.4 is 0 Å². The van der Waals surface area contributed by atoms with E-state index in [0.717, 1.165) is 0 Å². The van der Waals surface area contributed by atoms with Gasteiger partial charge in [-0.3, -0.25) is 4.79 Å². The minimum absolute atomic E-state index is 0.423. The Labute approximate surface area is 123 Å². The van der Waals surface area contributed by atoms with E-state index in [4.69, 9.17) is 35.2 Å². The van der Waals surface area contributed by atoms with Gasteiger partial charge in [0.2, 0.25) is 4.87 Å². The summed E-state index contributed by atoms with van der Waals surface area (Å²) in [7, 11) is 0. The number of nitrogens with zero attached hydrogens (tertiary/aromatic N) is 2. The first kappa shape index (κ1) is 13.6. The van der Waals surface area contributed by atoms with Crippen molar-refractivity contribution in [2.24, 2.45) is 0 Å². The van der Waals surface area contributed by atoms with Crippen LogP contribution in [-0.4, -0.2) is 14.8 Å². The molecule has 2 rings (SSSR count). The van der Waals surface area contributed by atoms with Gasteiger partial charge in [-0.2, -0.15) is 3.94 Å². The van der Waals surface area contributed by atoms with Crippen molar-refractivity contribution < 1.29 is 4.79 Å². The zero-order chi connectivity index (χ0) is 13.2. The van der Waals surface area contributed by atoms with Crippen molar-refractivity contribution in [2.45, 2.75) is 4.87 Å². The molecule has 1 heterocycles. The normalized spacial score (nSPS) is 13.9. The number of hydrogen-bond donors (Lipinski definition) is 0. The lowest BCUT2D eigenvalue weighted by Gasteiger charge is -2.24. The second-order valence-electron chi connectivity index (χ2n) is 3.40. The lowest BCUT2D eigenvalue weighted by atomic mass is 9.98. The molecule has 0 bridgehead atoms. The number of aromatic nitrogens is 1. The SMILES string of the molecule is O=C(N(Cl)Cl)C(Cl)(c1ccccc1)c1nccs1. The van der Waals surface area contributed by atoms with E-state index < -0.39 is 10.8 Å². The number of carbonyl (C=O) groups is 1. The van der Waals surface area contributed by atoms with E-state index in [9.17, 15) is 4.79 Å². The molecular weight excluding hydrogens is 315 g/mol. The van der Waals surface area contributed by atoms with Gasteiger partial charge in [-0.1, -0.05) is 41.9 Å². The molecule has 18 heavy (non-hydrogen) atoms. The average Bonchev–Trinajstić information content (AvgIpc) is 2.92. The van der Waals surface area contributed by atoms with E-state index in [-0.39, 0.29) is 0 Å². The minimum atomic E-state index is -1.50. The Kier molecular flexibility index (Phi) is 4.12. The van der Waals surface area contributed by atoms with Crippen molar-refractivity contribution in [3.05, 3.63) is 52.5 Å². The fourth-order valence-electron chi connectivity index (χ4n) is 1.52. The van der Waals surface area contributed by atoms with Crippen LogP contribution in [0, 0.1) is 0 Å². The summed E-state index contributed by atoms with van der Waals surface area (Å²) in [4.78, 5) is 14.7. The van der Waals surface area contributed by atoms with E-state index >= 15 is 0 Å². The topological polar surface area (TPSA) is 33.2 Å². The van der Waals surface area contributed by atoms with E-state index in [0.29, 0.717) is 14.5 Å². The van der Waals surface area contributed by atoms with Gasteiger partial charge in [-0.25, -0.2) is 4.98 Å². The summed E-state index contributed by atoms with van der Waals surface area (Å²) in [6.07, 6.45) is 1.57. The number of rotatable bonds is 3. The second kappa shape index (κ2) is 5.45. The zero-order valence-corrected chi connectivity index (χ0v) is 12.0. The van der Waals surface area contributed by atoms with E-state index in [1.807, 2.05) is 6.07 Å². The number of alkyl halides is 1. The number of hydrogen-bond acceptors (Lipinski definition) is 3. The molecule has 0 saturated carbocycles. The fourth-order valence-corrected chi connectivity index (χ4v) is 2.99. The van der Waals surface area contributed by atoms with Crippen LogP contribution in [0.15, 0.2) is 41.9 Å². The maximum absolute atomic E-state index is 12.2. The van der Waals surface area contributed by atoms with Gasteiger partial charge in [0, 0.05) is 35.1 Å². The second-order valence-corrected chi connectivity index (χ2v) is 5.71. The Morgan fingerprint density at radius 2 is 1.94 bits per heavy atom. The molecular formula is C11H7Cl3N2OS. The van der Waals surface area contributed by atoms with Crippen molar-refractivity contribution in [1.82, 2.24) is 8.92 Å². The molecule has 0 fully saturated rings. The van der Waals surface area contributed by atoms with Crippen molar-refractivity contribution in [3.8, 4) is 0 Å². The highest BCUT2D eigenvalue weighted by Gasteiger charge is 2.45. The third-order valence-electron chi connectivity index (χ3n) is 2.35. The van der Waals surface area contributed by atoms with E-state index in [1.165, 1.54) is 11.3 Å². The number of thiazole rings is 1. The van der Waals surface area contributed by atoms with Gasteiger partial charge in [0.25, 0.3) is 5.91 Å². The molecule has 7 heteroatoms. The number of amides is 1. The standard InChI is InChI=1S/C11H7Cl3N2OS/c12-11(10(17)16(13)14,9-15-6-7-18-9)8-4-2-1-3-5-8/h1-7H. The van der Waals surface area contributed by atoms with Crippen LogP contribution in [0.3, 0.4) is 0 Å². The van der Waals surface area contributed by atoms with Gasteiger partial charge in [-0.15, -0.1) is 11.3 Å². The summed E-state index contributed by atoms with van der Waals surface area (Å²) >= 11 is 18.8. The van der Waals surface area contributed by atoms with Crippen LogP contribution in [0.5, 0.6) is 0 Å². The molecule has 1 atom stereocenters. The molecule has 1 amide bonds. The summed E-state index contributed by atoms with van der Waals surface area (Å²) in [6.45, 7) is 0. The molecule has 0 radical (unpaired) electrons. The quantitative estimate of drug-likeness (QED) is 0.637. The predicted molar refractivity (Wildman–Crippen MR) is 73.7 cm³/mol. The summed E-state index contributed by atoms with van der Waals surface area (Å²) in [6, 6.07) is 8.83. The lowest BCUT2D eigenvalue weighted by molar-refractivity contribution is -0.125. The molecule has 3 nitrogen and oxygen atoms in total. The third-order valence-corrected chi connectivity index (χ3v) is 4.22.